The number of nitrogens with zero attached hydrogens (tertiary/aromatic N) is 1. The van der Waals surface area contributed by atoms with Crippen LogP contribution in [0.1, 0.15) is 117 Å². The Morgan fingerprint density at radius 1 is 0.630 bits per heavy atom. The molecule has 0 aromatic heterocycles. The smallest absolute Gasteiger partial charge is 0.302 e. The topological polar surface area (TPSA) is 26.3 Å². The molecule has 0 spiro atoms. The van der Waals surface area contributed by atoms with Gasteiger partial charge >= 0.3 is 5.97 Å². The average Bonchev–Trinajstić information content (AvgIpc) is 2.60. The second-order valence-corrected chi connectivity index (χ2v) is 9.03. The van der Waals surface area contributed by atoms with Gasteiger partial charge in [-0.2, -0.15) is 0 Å². The Hall–Kier alpha value is -0.570. The largest absolute Gasteiger partial charge is 0.460 e. The first kappa shape index (κ1) is 26.4. The molecule has 0 aromatic rings. The fraction of sp³-hybridized carbons (Fsp3) is 0.958. The Balaban J connectivity index is 3.23. The Morgan fingerprint density at radius 2 is 1.00 bits per heavy atom. The van der Waals surface area contributed by atoms with Gasteiger partial charge in [-0.1, -0.05) is 96.8 Å². The third-order valence-corrected chi connectivity index (χ3v) is 5.62. The van der Waals surface area contributed by atoms with Crippen LogP contribution in [-0.2, 0) is 9.53 Å². The maximum Gasteiger partial charge on any atom is 0.302 e. The van der Waals surface area contributed by atoms with Crippen LogP contribution in [0.5, 0.6) is 0 Å². The Bertz CT molecular complexity index is 328. The molecule has 0 radical (unpaired) electrons. The first-order valence-corrected chi connectivity index (χ1v) is 11.9. The number of esters is 1. The van der Waals surface area contributed by atoms with Crippen molar-refractivity contribution in [3.8, 4) is 0 Å². The van der Waals surface area contributed by atoms with E-state index in [0.29, 0.717) is 6.61 Å². The van der Waals surface area contributed by atoms with Gasteiger partial charge in [-0.25, -0.2) is 0 Å². The van der Waals surface area contributed by atoms with Crippen molar-refractivity contribution in [2.75, 3.05) is 33.8 Å². The summed E-state index contributed by atoms with van der Waals surface area (Å²) in [4.78, 5) is 10.8. The molecule has 0 saturated heterocycles. The van der Waals surface area contributed by atoms with Crippen LogP contribution >= 0.6 is 0 Å². The first-order valence-electron chi connectivity index (χ1n) is 11.9. The van der Waals surface area contributed by atoms with Gasteiger partial charge in [-0.05, 0) is 12.8 Å². The van der Waals surface area contributed by atoms with Gasteiger partial charge in [0.05, 0.1) is 20.6 Å². The van der Waals surface area contributed by atoms with Crippen molar-refractivity contribution in [3.63, 3.8) is 0 Å². The van der Waals surface area contributed by atoms with Crippen molar-refractivity contribution in [2.24, 2.45) is 0 Å². The molecule has 0 fully saturated rings. The first-order chi connectivity index (χ1) is 13.0. The second-order valence-electron chi connectivity index (χ2n) is 9.03. The van der Waals surface area contributed by atoms with Crippen molar-refractivity contribution in [2.45, 2.75) is 117 Å². The predicted molar refractivity (Wildman–Crippen MR) is 118 cm³/mol. The molecule has 162 valence electrons. The summed E-state index contributed by atoms with van der Waals surface area (Å²) in [7, 11) is 4.46. The van der Waals surface area contributed by atoms with E-state index in [2.05, 4.69) is 21.0 Å². The van der Waals surface area contributed by atoms with Crippen molar-refractivity contribution >= 4 is 5.97 Å². The van der Waals surface area contributed by atoms with E-state index in [9.17, 15) is 4.79 Å². The molecule has 0 aliphatic heterocycles. The highest BCUT2D eigenvalue weighted by atomic mass is 16.5. The van der Waals surface area contributed by atoms with E-state index in [0.717, 1.165) is 11.0 Å². The van der Waals surface area contributed by atoms with Crippen molar-refractivity contribution in [3.05, 3.63) is 0 Å². The van der Waals surface area contributed by atoms with Crippen LogP contribution < -0.4 is 0 Å². The summed E-state index contributed by atoms with van der Waals surface area (Å²) in [5.41, 5.74) is 0. The molecule has 0 aliphatic carbocycles. The lowest BCUT2D eigenvalue weighted by atomic mass is 10.0. The van der Waals surface area contributed by atoms with E-state index < -0.39 is 0 Å². The van der Waals surface area contributed by atoms with Crippen LogP contribution in [0.15, 0.2) is 0 Å². The second kappa shape index (κ2) is 18.8. The molecule has 0 heterocycles. The summed E-state index contributed by atoms with van der Waals surface area (Å²) in [6.07, 6.45) is 22.6. The molecule has 0 aliphatic rings. The standard InChI is InChI=1S/C24H50NO2/c1-5-6-7-8-9-10-11-12-13-14-15-16-17-18-19-20-21-25(3,4)22-23-27-24(2)26/h5-23H2,1-4H3/q+1. The van der Waals surface area contributed by atoms with E-state index in [4.69, 9.17) is 4.74 Å². The third kappa shape index (κ3) is 21.6. The van der Waals surface area contributed by atoms with Crippen molar-refractivity contribution in [1.29, 1.82) is 0 Å². The van der Waals surface area contributed by atoms with Crippen LogP contribution in [-0.4, -0.2) is 44.2 Å². The lowest BCUT2D eigenvalue weighted by molar-refractivity contribution is -0.890. The molecule has 0 N–H and O–H groups in total. The molecule has 27 heavy (non-hydrogen) atoms. The predicted octanol–water partition coefficient (Wildman–Crippen LogP) is 6.89. The number of quaternary nitrogens is 1. The number of unbranched alkanes of at least 4 members (excludes halogenated alkanes) is 15. The molecule has 0 atom stereocenters. The van der Waals surface area contributed by atoms with Crippen LogP contribution in [0.3, 0.4) is 0 Å². The number of rotatable bonds is 20. The minimum absolute atomic E-state index is 0.169. The summed E-state index contributed by atoms with van der Waals surface area (Å²) in [5.74, 6) is -0.169. The molecule has 0 rings (SSSR count). The summed E-state index contributed by atoms with van der Waals surface area (Å²) in [6.45, 7) is 6.41. The highest BCUT2D eigenvalue weighted by molar-refractivity contribution is 5.65. The van der Waals surface area contributed by atoms with Gasteiger partial charge < -0.3 is 9.22 Å². The molecular weight excluding hydrogens is 334 g/mol. The minimum Gasteiger partial charge on any atom is -0.460 e. The summed E-state index contributed by atoms with van der Waals surface area (Å²) in [6, 6.07) is 0. The molecule has 0 bridgehead atoms. The zero-order valence-electron chi connectivity index (χ0n) is 19.2. The molecule has 0 saturated carbocycles. The molecule has 3 heteroatoms. The SMILES string of the molecule is CCCCCCCCCCCCCCCCCC[N+](C)(C)CCOC(C)=O. The molecule has 3 nitrogen and oxygen atoms in total. The Kier molecular flexibility index (Phi) is 18.4. The van der Waals surface area contributed by atoms with Crippen LogP contribution in [0.25, 0.3) is 0 Å². The minimum atomic E-state index is -0.169. The zero-order valence-corrected chi connectivity index (χ0v) is 19.2. The van der Waals surface area contributed by atoms with E-state index in [-0.39, 0.29) is 5.97 Å². The van der Waals surface area contributed by atoms with Gasteiger partial charge in [0.2, 0.25) is 0 Å². The monoisotopic (exact) mass is 384 g/mol. The van der Waals surface area contributed by atoms with Gasteiger partial charge in [-0.3, -0.25) is 4.79 Å². The molecular formula is C24H50NO2+. The fourth-order valence-corrected chi connectivity index (χ4v) is 3.64. The number of ether oxygens (including phenoxy) is 1. The number of hydrogen-bond acceptors (Lipinski definition) is 2. The number of hydrogen-bond donors (Lipinski definition) is 0. The van der Waals surface area contributed by atoms with Crippen molar-refractivity contribution < 1.29 is 14.0 Å². The molecule has 0 aromatic carbocycles. The lowest BCUT2D eigenvalue weighted by Crippen LogP contribution is -2.43. The summed E-state index contributed by atoms with van der Waals surface area (Å²) >= 11 is 0. The Morgan fingerprint density at radius 3 is 1.37 bits per heavy atom. The van der Waals surface area contributed by atoms with Crippen LogP contribution in [0.4, 0.5) is 0 Å². The van der Waals surface area contributed by atoms with Crippen molar-refractivity contribution in [1.82, 2.24) is 0 Å². The van der Waals surface area contributed by atoms with Crippen LogP contribution in [0, 0.1) is 0 Å². The quantitative estimate of drug-likeness (QED) is 0.130. The molecule has 0 amide bonds. The fourth-order valence-electron chi connectivity index (χ4n) is 3.64. The van der Waals surface area contributed by atoms with E-state index in [1.807, 2.05) is 0 Å². The number of carbonyl (C=O) groups excluding carboxylic acids is 1. The third-order valence-electron chi connectivity index (χ3n) is 5.62. The molecule has 0 unspecified atom stereocenters. The highest BCUT2D eigenvalue weighted by Gasteiger charge is 2.14. The number of likely N-dealkylation sites (N-methyl/N-ethyl adjacent to an activating group) is 1. The maximum absolute atomic E-state index is 10.8. The summed E-state index contributed by atoms with van der Waals surface area (Å²) < 4.78 is 6.01. The normalized spacial score (nSPS) is 11.7. The summed E-state index contributed by atoms with van der Waals surface area (Å²) in [5, 5.41) is 0. The lowest BCUT2D eigenvalue weighted by Gasteiger charge is -2.29. The van der Waals surface area contributed by atoms with Crippen LogP contribution in [0.2, 0.25) is 0 Å². The van der Waals surface area contributed by atoms with E-state index >= 15 is 0 Å². The van der Waals surface area contributed by atoms with Gasteiger partial charge in [0.1, 0.15) is 13.2 Å². The van der Waals surface area contributed by atoms with Gasteiger partial charge in [0.25, 0.3) is 0 Å². The van der Waals surface area contributed by atoms with Gasteiger partial charge in [0.15, 0.2) is 0 Å². The van der Waals surface area contributed by atoms with Gasteiger partial charge in [0, 0.05) is 6.92 Å². The maximum atomic E-state index is 10.8. The van der Waals surface area contributed by atoms with E-state index in [1.165, 1.54) is 116 Å². The van der Waals surface area contributed by atoms with Gasteiger partial charge in [-0.15, -0.1) is 0 Å². The average molecular weight is 385 g/mol. The highest BCUT2D eigenvalue weighted by Crippen LogP contribution is 2.14. The Labute approximate surface area is 170 Å². The van der Waals surface area contributed by atoms with E-state index in [1.54, 1.807) is 0 Å². The number of carbonyl (C=O) groups is 1. The zero-order chi connectivity index (χ0) is 20.2.